The van der Waals surface area contributed by atoms with Gasteiger partial charge in [0.1, 0.15) is 5.71 Å². The van der Waals surface area contributed by atoms with E-state index in [1.807, 2.05) is 54.9 Å². The van der Waals surface area contributed by atoms with Crippen LogP contribution >= 0.6 is 0 Å². The monoisotopic (exact) mass is 672 g/mol. The number of aryl methyl sites for hydroxylation is 3. The van der Waals surface area contributed by atoms with Crippen LogP contribution in [0, 0.1) is 13.8 Å². The number of carbonyl (C=O) groups excluding carboxylic acids is 2. The van der Waals surface area contributed by atoms with Gasteiger partial charge in [-0.1, -0.05) is 24.6 Å². The Hall–Kier alpha value is -4.06. The third kappa shape index (κ3) is 5.95. The number of hydrogen-bond acceptors (Lipinski definition) is 5. The maximum absolute atomic E-state index is 15.8. The molecule has 2 fully saturated rings. The van der Waals surface area contributed by atoms with E-state index in [9.17, 15) is 9.59 Å². The number of amides is 1. The minimum absolute atomic E-state index is 0.141. The number of allylic oxidation sites excluding steroid dienone is 3. The molecule has 0 aliphatic carbocycles. The number of ether oxygens (including phenoxy) is 1. The Morgan fingerprint density at radius 2 is 1.82 bits per heavy atom. The number of benzene rings is 1. The van der Waals surface area contributed by atoms with Gasteiger partial charge in [-0.3, -0.25) is 14.3 Å². The van der Waals surface area contributed by atoms with E-state index >= 15 is 8.63 Å². The fourth-order valence-electron chi connectivity index (χ4n) is 9.00. The predicted octanol–water partition coefficient (Wildman–Crippen LogP) is 6.38. The maximum Gasteiger partial charge on any atom is 0.737 e. The summed E-state index contributed by atoms with van der Waals surface area (Å²) in [5.41, 5.74) is 6.04. The van der Waals surface area contributed by atoms with E-state index in [4.69, 9.17) is 9.84 Å². The summed E-state index contributed by atoms with van der Waals surface area (Å²) in [6, 6.07) is 10.7. The zero-order chi connectivity index (χ0) is 34.6. The first-order valence-corrected chi connectivity index (χ1v) is 17.9. The highest BCUT2D eigenvalue weighted by atomic mass is 19.2. The Bertz CT molecular complexity index is 1910. The first-order chi connectivity index (χ1) is 23.5. The molecule has 49 heavy (non-hydrogen) atoms. The van der Waals surface area contributed by atoms with Crippen molar-refractivity contribution >= 4 is 41.0 Å². The van der Waals surface area contributed by atoms with Crippen molar-refractivity contribution in [1.82, 2.24) is 24.5 Å². The summed E-state index contributed by atoms with van der Waals surface area (Å²) in [6.07, 6.45) is 9.13. The van der Waals surface area contributed by atoms with E-state index in [1.165, 1.54) is 28.2 Å². The third-order valence-electron chi connectivity index (χ3n) is 11.2. The van der Waals surface area contributed by atoms with Gasteiger partial charge in [-0.15, -0.1) is 0 Å². The SMILES string of the molecule is CC1=CC(C)=[N+]2C1=C(CCCOC(=O)CCCn1nc(C(=O)NC3C[C@@H]4CCC[C@@H](C3)N4C)c3ccccc31)c1c(C)cc(C)n1[B-]2(F)F. The highest BCUT2D eigenvalue weighted by Crippen LogP contribution is 2.43. The average molecular weight is 673 g/mol. The van der Waals surface area contributed by atoms with E-state index in [0.29, 0.717) is 66.4 Å². The van der Waals surface area contributed by atoms with Gasteiger partial charge in [0.2, 0.25) is 0 Å². The Kier molecular flexibility index (Phi) is 8.88. The lowest BCUT2D eigenvalue weighted by Crippen LogP contribution is -2.55. The molecule has 3 aromatic rings. The quantitative estimate of drug-likeness (QED) is 0.154. The molecule has 2 atom stereocenters. The summed E-state index contributed by atoms with van der Waals surface area (Å²) in [6.45, 7) is 3.89. The molecule has 2 saturated heterocycles. The first kappa shape index (κ1) is 33.4. The van der Waals surface area contributed by atoms with Crippen LogP contribution in [-0.4, -0.2) is 80.0 Å². The molecule has 2 bridgehead atoms. The number of fused-ring (bicyclic) bond motifs is 5. The molecule has 4 aliphatic heterocycles. The van der Waals surface area contributed by atoms with Crippen molar-refractivity contribution in [2.45, 2.75) is 110 Å². The molecule has 1 N–H and O–H groups in total. The lowest BCUT2D eigenvalue weighted by Gasteiger charge is -2.47. The van der Waals surface area contributed by atoms with Gasteiger partial charge in [-0.25, -0.2) is 0 Å². The summed E-state index contributed by atoms with van der Waals surface area (Å²) in [5.74, 6) is -0.450. The molecule has 260 valence electrons. The molecule has 0 unspecified atom stereocenters. The Morgan fingerprint density at radius 3 is 2.57 bits per heavy atom. The van der Waals surface area contributed by atoms with Gasteiger partial charge in [-0.05, 0) is 96.2 Å². The number of nitrogens with zero attached hydrogens (tertiary/aromatic N) is 5. The van der Waals surface area contributed by atoms with E-state index in [1.54, 1.807) is 13.8 Å². The zero-order valence-corrected chi connectivity index (χ0v) is 29.3. The molecule has 7 rings (SSSR count). The number of halogens is 2. The van der Waals surface area contributed by atoms with E-state index in [0.717, 1.165) is 40.5 Å². The smallest absolute Gasteiger partial charge is 0.466 e. The van der Waals surface area contributed by atoms with Crippen LogP contribution in [0.4, 0.5) is 8.63 Å². The van der Waals surface area contributed by atoms with Crippen LogP contribution in [0.2, 0.25) is 0 Å². The first-order valence-electron chi connectivity index (χ1n) is 17.9. The number of nitrogens with one attached hydrogen (secondary N) is 1. The van der Waals surface area contributed by atoms with Gasteiger partial charge in [0.25, 0.3) is 5.91 Å². The molecular weight excluding hydrogens is 625 g/mol. The molecule has 0 spiro atoms. The number of hydrogen-bond donors (Lipinski definition) is 1. The number of piperidine rings is 2. The van der Waals surface area contributed by atoms with E-state index < -0.39 is 6.97 Å². The topological polar surface area (TPSA) is 84.4 Å². The molecule has 2 aromatic heterocycles. The Labute approximate surface area is 286 Å². The van der Waals surface area contributed by atoms with Crippen molar-refractivity contribution < 1.29 is 27.4 Å². The number of carbonyl (C=O) groups is 2. The highest BCUT2D eigenvalue weighted by Gasteiger charge is 2.54. The third-order valence-corrected chi connectivity index (χ3v) is 11.2. The largest absolute Gasteiger partial charge is 0.737 e. The van der Waals surface area contributed by atoms with Crippen molar-refractivity contribution in [3.8, 4) is 0 Å². The molecule has 1 aromatic carbocycles. The average Bonchev–Trinajstić information content (AvgIpc) is 3.67. The number of esters is 1. The molecule has 1 amide bonds. The summed E-state index contributed by atoms with van der Waals surface area (Å²) >= 11 is 0. The van der Waals surface area contributed by atoms with Crippen LogP contribution in [-0.2, 0) is 16.1 Å². The van der Waals surface area contributed by atoms with Gasteiger partial charge < -0.3 is 32.5 Å². The molecular formula is C37H47BF2N6O3. The van der Waals surface area contributed by atoms with Crippen LogP contribution in [0.5, 0.6) is 0 Å². The van der Waals surface area contributed by atoms with Crippen LogP contribution in [0.3, 0.4) is 0 Å². The summed E-state index contributed by atoms with van der Waals surface area (Å²) in [4.78, 5) is 28.7. The second-order valence-electron chi connectivity index (χ2n) is 14.5. The van der Waals surface area contributed by atoms with Crippen LogP contribution in [0.15, 0.2) is 47.7 Å². The minimum Gasteiger partial charge on any atom is -0.466 e. The number of para-hydroxylation sites is 1. The Morgan fingerprint density at radius 1 is 1.08 bits per heavy atom. The van der Waals surface area contributed by atoms with Gasteiger partial charge in [-0.2, -0.15) is 5.10 Å². The van der Waals surface area contributed by atoms with E-state index in [-0.39, 0.29) is 30.9 Å². The van der Waals surface area contributed by atoms with Crippen molar-refractivity contribution in [3.63, 3.8) is 0 Å². The van der Waals surface area contributed by atoms with Crippen LogP contribution in [0.1, 0.15) is 99.1 Å². The fourth-order valence-corrected chi connectivity index (χ4v) is 9.00. The standard InChI is InChI=1S/C37H47BF2N6O3/c1-23-19-25(3)45-35(23)31(36-24(2)20-26(4)46(36)38(45,39)40)14-10-18-49-33(47)16-9-17-44-32-15-7-6-13-30(32)34(42-44)37(48)41-27-21-28-11-8-12-29(22-27)43(28)5/h6-7,13,15,19-20,27-29H,8-12,14,16-18,21-22H2,1-5H3,(H,41,48)/t28-,29-/m0/s1. The predicted molar refractivity (Wildman–Crippen MR) is 188 cm³/mol. The zero-order valence-electron chi connectivity index (χ0n) is 29.3. The minimum atomic E-state index is -4.00. The van der Waals surface area contributed by atoms with Gasteiger partial charge in [0, 0.05) is 66.3 Å². The number of aromatic nitrogens is 3. The van der Waals surface area contributed by atoms with Gasteiger partial charge in [0.15, 0.2) is 11.4 Å². The van der Waals surface area contributed by atoms with Crippen molar-refractivity contribution in [1.29, 1.82) is 0 Å². The summed E-state index contributed by atoms with van der Waals surface area (Å²) in [7, 11) is 2.21. The van der Waals surface area contributed by atoms with Crippen LogP contribution < -0.4 is 5.32 Å². The van der Waals surface area contributed by atoms with Gasteiger partial charge >= 0.3 is 12.9 Å². The summed E-state index contributed by atoms with van der Waals surface area (Å²) < 4.78 is 41.4. The maximum atomic E-state index is 15.8. The van der Waals surface area contributed by atoms with Crippen molar-refractivity contribution in [2.24, 2.45) is 0 Å². The summed E-state index contributed by atoms with van der Waals surface area (Å²) in [5, 5.41) is 8.81. The molecule has 12 heteroatoms. The van der Waals surface area contributed by atoms with E-state index in [2.05, 4.69) is 17.3 Å². The normalized spacial score (nSPS) is 23.1. The number of rotatable bonds is 10. The molecule has 6 heterocycles. The van der Waals surface area contributed by atoms with Crippen molar-refractivity contribution in [3.05, 3.63) is 70.3 Å². The van der Waals surface area contributed by atoms with Gasteiger partial charge in [0.05, 0.1) is 12.1 Å². The highest BCUT2D eigenvalue weighted by molar-refractivity contribution is 6.58. The second kappa shape index (κ2) is 13.0. The molecule has 0 radical (unpaired) electrons. The lowest BCUT2D eigenvalue weighted by molar-refractivity contribution is -0.363. The second-order valence-corrected chi connectivity index (χ2v) is 14.5. The lowest BCUT2D eigenvalue weighted by atomic mass is 9.82. The van der Waals surface area contributed by atoms with Crippen molar-refractivity contribution in [2.75, 3.05) is 13.7 Å². The molecule has 4 aliphatic rings. The van der Waals surface area contributed by atoms with Crippen LogP contribution in [0.25, 0.3) is 16.5 Å². The fraction of sp³-hybridized carbons (Fsp3) is 0.514. The molecule has 9 nitrogen and oxygen atoms in total. The molecule has 0 saturated carbocycles. The Balaban J connectivity index is 0.946.